The van der Waals surface area contributed by atoms with Crippen LogP contribution >= 0.6 is 0 Å². The van der Waals surface area contributed by atoms with Crippen molar-refractivity contribution in [2.24, 2.45) is 0 Å². The summed E-state index contributed by atoms with van der Waals surface area (Å²) >= 11 is 0. The van der Waals surface area contributed by atoms with E-state index in [1.165, 1.54) is 0 Å². The molecular formula is C24H32N2O5. The Balaban J connectivity index is 1.90. The molecule has 31 heavy (non-hydrogen) atoms. The van der Waals surface area contributed by atoms with Crippen LogP contribution in [-0.4, -0.2) is 58.9 Å². The first-order valence-corrected chi connectivity index (χ1v) is 10.1. The van der Waals surface area contributed by atoms with E-state index in [2.05, 4.69) is 16.8 Å². The van der Waals surface area contributed by atoms with Crippen molar-refractivity contribution in [3.63, 3.8) is 0 Å². The molecule has 2 aromatic rings. The summed E-state index contributed by atoms with van der Waals surface area (Å²) in [6, 6.07) is 11.2. The molecule has 0 saturated heterocycles. The summed E-state index contributed by atoms with van der Waals surface area (Å²) in [7, 11) is 6.39. The van der Waals surface area contributed by atoms with E-state index in [9.17, 15) is 4.79 Å². The molecule has 1 N–H and O–H groups in total. The third-order valence-corrected chi connectivity index (χ3v) is 4.87. The lowest BCUT2D eigenvalue weighted by Crippen LogP contribution is -2.30. The lowest BCUT2D eigenvalue weighted by molar-refractivity contribution is -0.116. The third-order valence-electron chi connectivity index (χ3n) is 4.87. The molecule has 0 radical (unpaired) electrons. The van der Waals surface area contributed by atoms with Crippen molar-refractivity contribution in [3.05, 3.63) is 54.6 Å². The summed E-state index contributed by atoms with van der Waals surface area (Å²) < 4.78 is 21.2. The molecule has 2 rings (SSSR count). The first kappa shape index (κ1) is 24.1. The second kappa shape index (κ2) is 12.5. The van der Waals surface area contributed by atoms with Gasteiger partial charge in [0, 0.05) is 37.8 Å². The number of carbonyl (C=O) groups excluding carboxylic acids is 1. The maximum atomic E-state index is 12.4. The van der Waals surface area contributed by atoms with Crippen LogP contribution in [0.2, 0.25) is 0 Å². The second-order valence-electron chi connectivity index (χ2n) is 6.90. The predicted molar refractivity (Wildman–Crippen MR) is 123 cm³/mol. The summed E-state index contributed by atoms with van der Waals surface area (Å²) in [4.78, 5) is 14.6. The van der Waals surface area contributed by atoms with E-state index in [4.69, 9.17) is 18.9 Å². The van der Waals surface area contributed by atoms with E-state index in [1.54, 1.807) is 46.6 Å². The Morgan fingerprint density at radius 2 is 1.52 bits per heavy atom. The van der Waals surface area contributed by atoms with Crippen LogP contribution in [0.15, 0.2) is 49.1 Å². The highest BCUT2D eigenvalue weighted by molar-refractivity contribution is 5.91. The van der Waals surface area contributed by atoms with Crippen LogP contribution in [0.25, 0.3) is 0 Å². The highest BCUT2D eigenvalue weighted by Gasteiger charge is 2.11. The van der Waals surface area contributed by atoms with Gasteiger partial charge in [0.05, 0.1) is 28.4 Å². The number of rotatable bonds is 13. The summed E-state index contributed by atoms with van der Waals surface area (Å²) in [6.45, 7) is 5.96. The smallest absolute Gasteiger partial charge is 0.225 e. The molecule has 7 heteroatoms. The Kier molecular flexibility index (Phi) is 9.71. The van der Waals surface area contributed by atoms with Gasteiger partial charge in [-0.05, 0) is 36.2 Å². The van der Waals surface area contributed by atoms with E-state index >= 15 is 0 Å². The highest BCUT2D eigenvalue weighted by Crippen LogP contribution is 2.30. The molecule has 0 atom stereocenters. The van der Waals surface area contributed by atoms with E-state index in [0.29, 0.717) is 48.2 Å². The number of hydrogen-bond donors (Lipinski definition) is 1. The number of amides is 1. The van der Waals surface area contributed by atoms with Gasteiger partial charge < -0.3 is 24.3 Å². The molecule has 0 aliphatic heterocycles. The molecule has 1 amide bonds. The number of nitrogens with zero attached hydrogens (tertiary/aromatic N) is 1. The van der Waals surface area contributed by atoms with E-state index in [1.807, 2.05) is 24.3 Å². The van der Waals surface area contributed by atoms with E-state index in [-0.39, 0.29) is 5.91 Å². The average molecular weight is 429 g/mol. The van der Waals surface area contributed by atoms with Gasteiger partial charge in [-0.15, -0.1) is 6.58 Å². The second-order valence-corrected chi connectivity index (χ2v) is 6.90. The Bertz CT molecular complexity index is 869. The number of carbonyl (C=O) groups is 1. The fourth-order valence-electron chi connectivity index (χ4n) is 3.20. The van der Waals surface area contributed by atoms with Gasteiger partial charge >= 0.3 is 0 Å². The molecule has 0 heterocycles. The highest BCUT2D eigenvalue weighted by atomic mass is 16.5. The standard InChI is InChI=1S/C24H32N2O5/c1-6-13-26(14-11-18-7-9-20(28-2)22(16-18)30-4)15-12-24(27)25-19-8-10-21(29-3)23(17-19)31-5/h6-10,16-17H,1,11-15H2,2-5H3,(H,25,27). The van der Waals surface area contributed by atoms with Crippen molar-refractivity contribution in [1.29, 1.82) is 0 Å². The monoisotopic (exact) mass is 428 g/mol. The van der Waals surface area contributed by atoms with Crippen LogP contribution < -0.4 is 24.3 Å². The summed E-state index contributed by atoms with van der Waals surface area (Å²) in [6.07, 6.45) is 3.04. The molecule has 7 nitrogen and oxygen atoms in total. The largest absolute Gasteiger partial charge is 0.493 e. The van der Waals surface area contributed by atoms with Crippen molar-refractivity contribution < 1.29 is 23.7 Å². The van der Waals surface area contributed by atoms with Gasteiger partial charge in [0.2, 0.25) is 5.91 Å². The zero-order chi connectivity index (χ0) is 22.6. The van der Waals surface area contributed by atoms with Crippen molar-refractivity contribution in [2.45, 2.75) is 12.8 Å². The van der Waals surface area contributed by atoms with Gasteiger partial charge in [0.25, 0.3) is 0 Å². The molecule has 0 spiro atoms. The van der Waals surface area contributed by atoms with Crippen LogP contribution in [0.5, 0.6) is 23.0 Å². The van der Waals surface area contributed by atoms with Crippen LogP contribution in [0, 0.1) is 0 Å². The zero-order valence-electron chi connectivity index (χ0n) is 18.8. The summed E-state index contributed by atoms with van der Waals surface area (Å²) in [5.41, 5.74) is 1.81. The normalized spacial score (nSPS) is 10.5. The van der Waals surface area contributed by atoms with Gasteiger partial charge in [-0.3, -0.25) is 9.69 Å². The minimum absolute atomic E-state index is 0.0626. The maximum absolute atomic E-state index is 12.4. The van der Waals surface area contributed by atoms with Gasteiger partial charge in [-0.2, -0.15) is 0 Å². The number of benzene rings is 2. The molecule has 2 aromatic carbocycles. The molecular weight excluding hydrogens is 396 g/mol. The minimum Gasteiger partial charge on any atom is -0.493 e. The quantitative estimate of drug-likeness (QED) is 0.490. The summed E-state index contributed by atoms with van der Waals surface area (Å²) in [5, 5.41) is 2.91. The van der Waals surface area contributed by atoms with Crippen LogP contribution in [0.4, 0.5) is 5.69 Å². The van der Waals surface area contributed by atoms with Crippen molar-refractivity contribution >= 4 is 11.6 Å². The number of nitrogens with one attached hydrogen (secondary N) is 1. The molecule has 0 aliphatic rings. The lowest BCUT2D eigenvalue weighted by Gasteiger charge is -2.21. The predicted octanol–water partition coefficient (Wildman–Crippen LogP) is 3.78. The molecule has 0 aromatic heterocycles. The van der Waals surface area contributed by atoms with Gasteiger partial charge in [0.15, 0.2) is 23.0 Å². The minimum atomic E-state index is -0.0626. The van der Waals surface area contributed by atoms with E-state index in [0.717, 1.165) is 18.5 Å². The maximum Gasteiger partial charge on any atom is 0.225 e. The topological polar surface area (TPSA) is 69.3 Å². The Morgan fingerprint density at radius 3 is 2.13 bits per heavy atom. The summed E-state index contributed by atoms with van der Waals surface area (Å²) in [5.74, 6) is 2.55. The van der Waals surface area contributed by atoms with Gasteiger partial charge in [0.1, 0.15) is 0 Å². The number of hydrogen-bond acceptors (Lipinski definition) is 6. The van der Waals surface area contributed by atoms with Gasteiger partial charge in [-0.25, -0.2) is 0 Å². The average Bonchev–Trinajstić information content (AvgIpc) is 2.80. The van der Waals surface area contributed by atoms with Crippen molar-refractivity contribution in [2.75, 3.05) is 53.4 Å². The Morgan fingerprint density at radius 1 is 0.903 bits per heavy atom. The lowest BCUT2D eigenvalue weighted by atomic mass is 10.1. The van der Waals surface area contributed by atoms with Crippen LogP contribution in [0.1, 0.15) is 12.0 Å². The first-order chi connectivity index (χ1) is 15.0. The van der Waals surface area contributed by atoms with Crippen molar-refractivity contribution in [1.82, 2.24) is 4.90 Å². The molecule has 0 fully saturated rings. The number of ether oxygens (including phenoxy) is 4. The fourth-order valence-corrected chi connectivity index (χ4v) is 3.20. The SMILES string of the molecule is C=CCN(CCC(=O)Nc1ccc(OC)c(OC)c1)CCc1ccc(OC)c(OC)c1. The molecule has 0 aliphatic carbocycles. The molecule has 0 saturated carbocycles. The third kappa shape index (κ3) is 7.22. The van der Waals surface area contributed by atoms with Crippen LogP contribution in [-0.2, 0) is 11.2 Å². The number of anilines is 1. The van der Waals surface area contributed by atoms with Crippen LogP contribution in [0.3, 0.4) is 0 Å². The number of methoxy groups -OCH3 is 4. The molecule has 0 unspecified atom stereocenters. The molecule has 0 bridgehead atoms. The first-order valence-electron chi connectivity index (χ1n) is 10.1. The Labute approximate surface area is 184 Å². The zero-order valence-corrected chi connectivity index (χ0v) is 18.8. The van der Waals surface area contributed by atoms with E-state index < -0.39 is 0 Å². The Hall–Kier alpha value is -3.19. The van der Waals surface area contributed by atoms with Gasteiger partial charge in [-0.1, -0.05) is 12.1 Å². The fraction of sp³-hybridized carbons (Fsp3) is 0.375. The molecule has 168 valence electrons. The van der Waals surface area contributed by atoms with Crippen molar-refractivity contribution in [3.8, 4) is 23.0 Å².